The van der Waals surface area contributed by atoms with Gasteiger partial charge in [0.1, 0.15) is 17.7 Å². The van der Waals surface area contributed by atoms with E-state index in [0.29, 0.717) is 18.9 Å². The van der Waals surface area contributed by atoms with E-state index in [4.69, 9.17) is 4.74 Å². The van der Waals surface area contributed by atoms with Gasteiger partial charge < -0.3 is 15.0 Å². The number of carbonyl (C=O) groups is 2. The lowest BCUT2D eigenvalue weighted by Gasteiger charge is -2.36. The highest BCUT2D eigenvalue weighted by atomic mass is 32.2. The maximum absolute atomic E-state index is 14.8. The third-order valence-corrected chi connectivity index (χ3v) is 8.38. The van der Waals surface area contributed by atoms with Crippen LogP contribution in [0.2, 0.25) is 0 Å². The molecule has 13 heteroatoms. The van der Waals surface area contributed by atoms with Crippen LogP contribution < -0.4 is 5.32 Å². The topological polar surface area (TPSA) is 92.8 Å². The number of ether oxygens (including phenoxy) is 1. The van der Waals surface area contributed by atoms with Gasteiger partial charge in [-0.15, -0.1) is 0 Å². The molecule has 5 rings (SSSR count). The van der Waals surface area contributed by atoms with Gasteiger partial charge in [0.2, 0.25) is 5.91 Å². The van der Waals surface area contributed by atoms with Gasteiger partial charge >= 0.3 is 6.18 Å². The number of hydrogen-bond acceptors (Lipinski definition) is 5. The summed E-state index contributed by atoms with van der Waals surface area (Å²) < 4.78 is 97.0. The Balaban J connectivity index is 1.41. The number of carbonyl (C=O) groups excluding carboxylic acids is 2. The Bertz CT molecular complexity index is 1410. The van der Waals surface area contributed by atoms with Crippen LogP contribution in [0.15, 0.2) is 41.3 Å². The molecule has 2 saturated heterocycles. The maximum Gasteiger partial charge on any atom is 0.416 e. The van der Waals surface area contributed by atoms with E-state index >= 15 is 0 Å². The first-order valence-electron chi connectivity index (χ1n) is 11.8. The second kappa shape index (κ2) is 9.30. The molecule has 7 nitrogen and oxygen atoms in total. The molecule has 0 radical (unpaired) electrons. The number of piperidine rings is 1. The van der Waals surface area contributed by atoms with E-state index in [1.165, 1.54) is 4.90 Å². The summed E-state index contributed by atoms with van der Waals surface area (Å²) in [4.78, 5) is 27.7. The Morgan fingerprint density at radius 2 is 1.79 bits per heavy atom. The van der Waals surface area contributed by atoms with Crippen LogP contribution in [0.25, 0.3) is 0 Å². The van der Waals surface area contributed by atoms with E-state index in [2.05, 4.69) is 5.32 Å². The molecule has 2 aromatic rings. The monoisotopic (exact) mass is 558 g/mol. The largest absolute Gasteiger partial charge is 0.416 e. The SMILES string of the molecule is CS(=O)(=O)c1cc(F)cc(C(=O)N2[C@@H](C(=O)N[C@@H](c3ccc(C(F)(F)F)cc3F)C3COC3)C[C@H]3C[C@H]32)c1. The van der Waals surface area contributed by atoms with Gasteiger partial charge in [0.25, 0.3) is 5.91 Å². The van der Waals surface area contributed by atoms with Crippen LogP contribution in [0.5, 0.6) is 0 Å². The number of alkyl halides is 3. The number of rotatable bonds is 6. The first-order valence-corrected chi connectivity index (χ1v) is 13.7. The summed E-state index contributed by atoms with van der Waals surface area (Å²) in [6.45, 7) is 0.309. The zero-order valence-corrected chi connectivity index (χ0v) is 20.8. The van der Waals surface area contributed by atoms with Gasteiger partial charge in [0, 0.05) is 29.3 Å². The van der Waals surface area contributed by atoms with Crippen LogP contribution in [-0.2, 0) is 25.5 Å². The summed E-state index contributed by atoms with van der Waals surface area (Å²) in [5, 5.41) is 2.70. The van der Waals surface area contributed by atoms with Crippen LogP contribution in [0.3, 0.4) is 0 Å². The molecule has 2 aromatic carbocycles. The normalized spacial score (nSPS) is 23.9. The number of sulfone groups is 1. The summed E-state index contributed by atoms with van der Waals surface area (Å²) >= 11 is 0. The minimum atomic E-state index is -4.74. The van der Waals surface area contributed by atoms with E-state index < -0.39 is 63.0 Å². The lowest BCUT2D eigenvalue weighted by molar-refractivity contribution is -0.138. The lowest BCUT2D eigenvalue weighted by Crippen LogP contribution is -2.51. The first-order chi connectivity index (χ1) is 17.7. The van der Waals surface area contributed by atoms with Crippen molar-refractivity contribution in [1.82, 2.24) is 10.2 Å². The first kappa shape index (κ1) is 26.5. The predicted molar refractivity (Wildman–Crippen MR) is 123 cm³/mol. The molecule has 2 aliphatic heterocycles. The van der Waals surface area contributed by atoms with E-state index in [1.807, 2.05) is 0 Å². The van der Waals surface area contributed by atoms with Crippen LogP contribution >= 0.6 is 0 Å². The Morgan fingerprint density at radius 1 is 1.08 bits per heavy atom. The average molecular weight is 559 g/mol. The fraction of sp³-hybridized carbons (Fsp3) is 0.440. The Kier molecular flexibility index (Phi) is 6.49. The van der Waals surface area contributed by atoms with Gasteiger partial charge in [-0.2, -0.15) is 13.2 Å². The van der Waals surface area contributed by atoms with Crippen molar-refractivity contribution in [2.45, 2.75) is 42.0 Å². The van der Waals surface area contributed by atoms with Gasteiger partial charge in [-0.05, 0) is 49.1 Å². The highest BCUT2D eigenvalue weighted by Gasteiger charge is 2.56. The summed E-state index contributed by atoms with van der Waals surface area (Å²) in [6.07, 6.45) is -2.95. The number of amides is 2. The van der Waals surface area contributed by atoms with Crippen molar-refractivity contribution < 1.29 is 44.7 Å². The molecule has 1 saturated carbocycles. The fourth-order valence-corrected chi connectivity index (χ4v) is 5.80. The zero-order valence-electron chi connectivity index (χ0n) is 20.0. The van der Waals surface area contributed by atoms with Crippen LogP contribution in [-0.4, -0.2) is 56.7 Å². The molecule has 2 amide bonds. The summed E-state index contributed by atoms with van der Waals surface area (Å²) in [7, 11) is -3.81. The highest BCUT2D eigenvalue weighted by Crippen LogP contribution is 2.49. The van der Waals surface area contributed by atoms with Crippen molar-refractivity contribution in [3.8, 4) is 0 Å². The van der Waals surface area contributed by atoms with Crippen molar-refractivity contribution in [3.05, 3.63) is 64.7 Å². The Morgan fingerprint density at radius 3 is 2.37 bits per heavy atom. The summed E-state index contributed by atoms with van der Waals surface area (Å²) in [6, 6.07) is 2.54. The molecular weight excluding hydrogens is 535 g/mol. The molecule has 4 atom stereocenters. The molecule has 2 heterocycles. The number of nitrogens with one attached hydrogen (secondary N) is 1. The van der Waals surface area contributed by atoms with Crippen molar-refractivity contribution in [2.75, 3.05) is 19.5 Å². The quantitative estimate of drug-likeness (QED) is 0.548. The van der Waals surface area contributed by atoms with Crippen molar-refractivity contribution in [1.29, 1.82) is 0 Å². The van der Waals surface area contributed by atoms with E-state index in [9.17, 15) is 40.0 Å². The highest BCUT2D eigenvalue weighted by molar-refractivity contribution is 7.90. The molecule has 204 valence electrons. The average Bonchev–Trinajstić information content (AvgIpc) is 3.44. The number of benzene rings is 2. The molecule has 3 aliphatic rings. The second-order valence-corrected chi connectivity index (χ2v) is 12.0. The molecule has 1 aliphatic carbocycles. The number of fused-ring (bicyclic) bond motifs is 1. The lowest BCUT2D eigenvalue weighted by atomic mass is 9.90. The molecule has 38 heavy (non-hydrogen) atoms. The zero-order chi connectivity index (χ0) is 27.6. The van der Waals surface area contributed by atoms with Crippen molar-refractivity contribution in [2.24, 2.45) is 11.8 Å². The number of likely N-dealkylation sites (tertiary alicyclic amines) is 1. The Hall–Kier alpha value is -3.06. The van der Waals surface area contributed by atoms with Gasteiger partial charge in [-0.1, -0.05) is 6.07 Å². The molecular formula is C25H23F5N2O5S. The minimum Gasteiger partial charge on any atom is -0.381 e. The van der Waals surface area contributed by atoms with Gasteiger partial charge in [-0.3, -0.25) is 9.59 Å². The van der Waals surface area contributed by atoms with E-state index in [-0.39, 0.29) is 41.2 Å². The minimum absolute atomic E-state index is 0.0194. The van der Waals surface area contributed by atoms with E-state index in [0.717, 1.165) is 36.6 Å². The van der Waals surface area contributed by atoms with Gasteiger partial charge in [0.15, 0.2) is 9.84 Å². The van der Waals surface area contributed by atoms with Crippen LogP contribution in [0.1, 0.15) is 40.4 Å². The van der Waals surface area contributed by atoms with Gasteiger partial charge in [-0.25, -0.2) is 17.2 Å². The summed E-state index contributed by atoms with van der Waals surface area (Å²) in [5.41, 5.74) is -1.53. The number of halogens is 5. The Labute approximate surface area is 214 Å². The van der Waals surface area contributed by atoms with E-state index in [1.54, 1.807) is 0 Å². The van der Waals surface area contributed by atoms with Crippen molar-refractivity contribution in [3.63, 3.8) is 0 Å². The van der Waals surface area contributed by atoms with Crippen LogP contribution in [0.4, 0.5) is 22.0 Å². The van der Waals surface area contributed by atoms with Crippen LogP contribution in [0, 0.1) is 23.5 Å². The summed E-state index contributed by atoms with van der Waals surface area (Å²) in [5.74, 6) is -3.79. The maximum atomic E-state index is 14.8. The molecule has 1 N–H and O–H groups in total. The molecule has 3 fully saturated rings. The smallest absolute Gasteiger partial charge is 0.381 e. The molecule has 0 spiro atoms. The molecule has 0 unspecified atom stereocenters. The molecule has 0 aromatic heterocycles. The van der Waals surface area contributed by atoms with Gasteiger partial charge in [0.05, 0.1) is 29.7 Å². The standard InChI is InChI=1S/C25H23F5N2O5S/c1-38(35,36)17-5-13(4-16(26)9-17)24(34)32-20-6-12(20)7-21(32)23(33)31-22(14-10-37-11-14)18-3-2-15(8-19(18)27)25(28,29)30/h2-5,8-9,12,14,20-22H,6-7,10-11H2,1H3,(H,31,33)/t12-,20-,21-,22-/m1/s1. The predicted octanol–water partition coefficient (Wildman–Crippen LogP) is 3.49. The van der Waals surface area contributed by atoms with Crippen molar-refractivity contribution >= 4 is 21.7 Å². The number of nitrogens with zero attached hydrogens (tertiary/aromatic N) is 1. The third kappa shape index (κ3) is 5.00. The fourth-order valence-electron chi connectivity index (χ4n) is 5.13. The number of hydrogen-bond donors (Lipinski definition) is 1. The molecule has 0 bridgehead atoms. The third-order valence-electron chi connectivity index (χ3n) is 7.28. The second-order valence-electron chi connectivity index (χ2n) is 9.99.